The minimum Gasteiger partial charge on any atom is -0.484 e. The molecule has 0 aliphatic carbocycles. The van der Waals surface area contributed by atoms with Crippen LogP contribution in [0.2, 0.25) is 0 Å². The van der Waals surface area contributed by atoms with Gasteiger partial charge in [-0.3, -0.25) is 9.59 Å². The molecule has 0 spiro atoms. The molecule has 0 unspecified atom stereocenters. The van der Waals surface area contributed by atoms with E-state index in [0.29, 0.717) is 5.75 Å². The van der Waals surface area contributed by atoms with Crippen molar-refractivity contribution in [3.05, 3.63) is 76.5 Å². The van der Waals surface area contributed by atoms with Gasteiger partial charge in [0.15, 0.2) is 6.61 Å². The SMILES string of the molecule is O=C(COc1ccc2cc(Br)ccc2c1)NCCNC(=O)c1ccccc1F. The van der Waals surface area contributed by atoms with Gasteiger partial charge in [-0.15, -0.1) is 0 Å². The lowest BCUT2D eigenvalue weighted by atomic mass is 10.1. The van der Waals surface area contributed by atoms with Gasteiger partial charge in [0.25, 0.3) is 11.8 Å². The number of nitrogens with one attached hydrogen (secondary N) is 2. The van der Waals surface area contributed by atoms with Gasteiger partial charge in [0.1, 0.15) is 11.6 Å². The highest BCUT2D eigenvalue weighted by atomic mass is 79.9. The van der Waals surface area contributed by atoms with Crippen LogP contribution in [0.15, 0.2) is 65.1 Å². The first-order chi connectivity index (χ1) is 13.5. The summed E-state index contributed by atoms with van der Waals surface area (Å²) in [4.78, 5) is 23.7. The Labute approximate surface area is 170 Å². The maximum absolute atomic E-state index is 13.5. The molecule has 0 aliphatic rings. The summed E-state index contributed by atoms with van der Waals surface area (Å²) in [5.74, 6) is -0.819. The summed E-state index contributed by atoms with van der Waals surface area (Å²) in [6, 6.07) is 17.2. The molecule has 3 aromatic rings. The Bertz CT molecular complexity index is 1010. The number of halogens is 2. The fraction of sp³-hybridized carbons (Fsp3) is 0.143. The first kappa shape index (κ1) is 19.8. The lowest BCUT2D eigenvalue weighted by Gasteiger charge is -2.09. The molecule has 0 heterocycles. The first-order valence-electron chi connectivity index (χ1n) is 8.64. The summed E-state index contributed by atoms with van der Waals surface area (Å²) in [6.07, 6.45) is 0. The summed E-state index contributed by atoms with van der Waals surface area (Å²) >= 11 is 3.43. The van der Waals surface area contributed by atoms with Crippen LogP contribution < -0.4 is 15.4 Å². The minimum absolute atomic E-state index is 0.0273. The molecule has 0 aromatic heterocycles. The van der Waals surface area contributed by atoms with Crippen LogP contribution in [-0.2, 0) is 4.79 Å². The van der Waals surface area contributed by atoms with Gasteiger partial charge in [-0.25, -0.2) is 4.39 Å². The van der Waals surface area contributed by atoms with Gasteiger partial charge >= 0.3 is 0 Å². The number of amides is 2. The summed E-state index contributed by atoms with van der Waals surface area (Å²) in [5.41, 5.74) is -0.0273. The lowest BCUT2D eigenvalue weighted by Crippen LogP contribution is -2.37. The third kappa shape index (κ3) is 5.29. The molecule has 0 atom stereocenters. The number of hydrogen-bond donors (Lipinski definition) is 2. The van der Waals surface area contributed by atoms with E-state index < -0.39 is 11.7 Å². The number of ether oxygens (including phenoxy) is 1. The Morgan fingerprint density at radius 2 is 1.64 bits per heavy atom. The number of carbonyl (C=O) groups excluding carboxylic acids is 2. The van der Waals surface area contributed by atoms with Crippen LogP contribution >= 0.6 is 15.9 Å². The van der Waals surface area contributed by atoms with E-state index in [9.17, 15) is 14.0 Å². The highest BCUT2D eigenvalue weighted by Gasteiger charge is 2.10. The van der Waals surface area contributed by atoms with Crippen molar-refractivity contribution in [2.24, 2.45) is 0 Å². The Kier molecular flexibility index (Phi) is 6.60. The molecule has 28 heavy (non-hydrogen) atoms. The highest BCUT2D eigenvalue weighted by molar-refractivity contribution is 9.10. The van der Waals surface area contributed by atoms with E-state index in [1.165, 1.54) is 18.2 Å². The normalized spacial score (nSPS) is 10.5. The molecule has 0 aliphatic heterocycles. The Balaban J connectivity index is 1.41. The minimum atomic E-state index is -0.583. The molecule has 0 bridgehead atoms. The Hall–Kier alpha value is -2.93. The molecule has 2 N–H and O–H groups in total. The van der Waals surface area contributed by atoms with E-state index in [0.717, 1.165) is 15.2 Å². The molecular weight excluding hydrogens is 427 g/mol. The molecule has 2 amide bonds. The smallest absolute Gasteiger partial charge is 0.258 e. The van der Waals surface area contributed by atoms with Crippen LogP contribution in [0, 0.1) is 5.82 Å². The molecule has 3 aromatic carbocycles. The average Bonchev–Trinajstić information content (AvgIpc) is 2.69. The van der Waals surface area contributed by atoms with Crippen molar-refractivity contribution in [1.82, 2.24) is 10.6 Å². The molecule has 3 rings (SSSR count). The van der Waals surface area contributed by atoms with E-state index in [4.69, 9.17) is 4.74 Å². The fourth-order valence-electron chi connectivity index (χ4n) is 2.60. The van der Waals surface area contributed by atoms with Gasteiger partial charge in [-0.05, 0) is 47.2 Å². The van der Waals surface area contributed by atoms with E-state index in [2.05, 4.69) is 26.6 Å². The van der Waals surface area contributed by atoms with Crippen molar-refractivity contribution < 1.29 is 18.7 Å². The van der Waals surface area contributed by atoms with Crippen molar-refractivity contribution in [2.45, 2.75) is 0 Å². The van der Waals surface area contributed by atoms with Crippen LogP contribution in [0.4, 0.5) is 4.39 Å². The summed E-state index contributed by atoms with van der Waals surface area (Å²) in [5, 5.41) is 7.27. The number of fused-ring (bicyclic) bond motifs is 1. The quantitative estimate of drug-likeness (QED) is 0.546. The van der Waals surface area contributed by atoms with Crippen molar-refractivity contribution >= 4 is 38.5 Å². The molecular formula is C21H18BrFN2O3. The molecule has 0 fully saturated rings. The van der Waals surface area contributed by atoms with E-state index in [1.807, 2.05) is 30.3 Å². The molecule has 0 saturated heterocycles. The monoisotopic (exact) mass is 444 g/mol. The largest absolute Gasteiger partial charge is 0.484 e. The van der Waals surface area contributed by atoms with Crippen LogP contribution in [0.1, 0.15) is 10.4 Å². The zero-order valence-corrected chi connectivity index (χ0v) is 16.5. The maximum Gasteiger partial charge on any atom is 0.258 e. The van der Waals surface area contributed by atoms with Gasteiger partial charge in [0.2, 0.25) is 0 Å². The Morgan fingerprint density at radius 3 is 2.46 bits per heavy atom. The van der Waals surface area contributed by atoms with Gasteiger partial charge in [0, 0.05) is 17.6 Å². The highest BCUT2D eigenvalue weighted by Crippen LogP contribution is 2.24. The second-order valence-corrected chi connectivity index (χ2v) is 6.94. The third-order valence-corrected chi connectivity index (χ3v) is 4.49. The van der Waals surface area contributed by atoms with Crippen molar-refractivity contribution in [1.29, 1.82) is 0 Å². The van der Waals surface area contributed by atoms with E-state index >= 15 is 0 Å². The third-order valence-electron chi connectivity index (χ3n) is 3.99. The van der Waals surface area contributed by atoms with Gasteiger partial charge in [0.05, 0.1) is 5.56 Å². The van der Waals surface area contributed by atoms with Crippen LogP contribution in [-0.4, -0.2) is 31.5 Å². The molecule has 144 valence electrons. The number of benzene rings is 3. The van der Waals surface area contributed by atoms with Crippen molar-refractivity contribution in [3.63, 3.8) is 0 Å². The van der Waals surface area contributed by atoms with Gasteiger partial charge in [-0.1, -0.05) is 40.2 Å². The predicted octanol–water partition coefficient (Wildman–Crippen LogP) is 3.67. The molecule has 0 radical (unpaired) electrons. The van der Waals surface area contributed by atoms with Crippen LogP contribution in [0.25, 0.3) is 10.8 Å². The second-order valence-electron chi connectivity index (χ2n) is 6.03. The van der Waals surface area contributed by atoms with Gasteiger partial charge in [-0.2, -0.15) is 0 Å². The van der Waals surface area contributed by atoms with Gasteiger partial charge < -0.3 is 15.4 Å². The summed E-state index contributed by atoms with van der Waals surface area (Å²) in [6.45, 7) is 0.265. The number of hydrogen-bond acceptors (Lipinski definition) is 3. The fourth-order valence-corrected chi connectivity index (χ4v) is 2.98. The second kappa shape index (κ2) is 9.32. The zero-order valence-electron chi connectivity index (χ0n) is 14.9. The maximum atomic E-state index is 13.5. The molecule has 0 saturated carbocycles. The van der Waals surface area contributed by atoms with E-state index in [1.54, 1.807) is 12.1 Å². The topological polar surface area (TPSA) is 67.4 Å². The lowest BCUT2D eigenvalue weighted by molar-refractivity contribution is -0.123. The zero-order chi connectivity index (χ0) is 19.9. The standard InChI is InChI=1S/C21H18BrFN2O3/c22-16-7-5-15-12-17(8-6-14(15)11-16)28-13-20(26)24-9-10-25-21(27)18-3-1-2-4-19(18)23/h1-8,11-12H,9-10,13H2,(H,24,26)(H,25,27). The predicted molar refractivity (Wildman–Crippen MR) is 109 cm³/mol. The van der Waals surface area contributed by atoms with Crippen LogP contribution in [0.5, 0.6) is 5.75 Å². The van der Waals surface area contributed by atoms with E-state index in [-0.39, 0.29) is 31.2 Å². The van der Waals surface area contributed by atoms with Crippen LogP contribution in [0.3, 0.4) is 0 Å². The molecule has 5 nitrogen and oxygen atoms in total. The van der Waals surface area contributed by atoms with Crippen molar-refractivity contribution in [3.8, 4) is 5.75 Å². The first-order valence-corrected chi connectivity index (χ1v) is 9.44. The average molecular weight is 445 g/mol. The summed E-state index contributed by atoms with van der Waals surface area (Å²) in [7, 11) is 0. The number of carbonyl (C=O) groups is 2. The number of rotatable bonds is 7. The molecule has 7 heteroatoms. The summed E-state index contributed by atoms with van der Waals surface area (Å²) < 4.78 is 20.0. The van der Waals surface area contributed by atoms with Crippen molar-refractivity contribution in [2.75, 3.05) is 19.7 Å². The Morgan fingerprint density at radius 1 is 0.929 bits per heavy atom.